The van der Waals surface area contributed by atoms with E-state index in [0.717, 1.165) is 48.7 Å². The minimum absolute atomic E-state index is 0.0413. The van der Waals surface area contributed by atoms with Crippen LogP contribution < -0.4 is 19.9 Å². The third kappa shape index (κ3) is 4.59. The number of likely N-dealkylation sites (tertiary alicyclic amines) is 1. The van der Waals surface area contributed by atoms with Crippen LogP contribution in [0.2, 0.25) is 0 Å². The fourth-order valence-corrected chi connectivity index (χ4v) is 5.10. The Labute approximate surface area is 217 Å². The van der Waals surface area contributed by atoms with E-state index < -0.39 is 0 Å². The van der Waals surface area contributed by atoms with Crippen LogP contribution in [0.4, 0.5) is 28.6 Å². The molecule has 1 fully saturated rings. The van der Waals surface area contributed by atoms with Crippen LogP contribution in [-0.4, -0.2) is 55.5 Å². The fourth-order valence-electron chi connectivity index (χ4n) is 5.10. The molecule has 0 unspecified atom stereocenters. The molecule has 8 nitrogen and oxygen atoms in total. The van der Waals surface area contributed by atoms with E-state index in [1.807, 2.05) is 72.3 Å². The maximum atomic E-state index is 13.1. The molecular formula is C29H33N5O3. The molecule has 1 N–H and O–H groups in total. The molecule has 1 aromatic heterocycles. The van der Waals surface area contributed by atoms with Gasteiger partial charge in [0.15, 0.2) is 0 Å². The summed E-state index contributed by atoms with van der Waals surface area (Å²) in [7, 11) is 3.71. The molecule has 3 aromatic rings. The highest BCUT2D eigenvalue weighted by molar-refractivity contribution is 6.13. The van der Waals surface area contributed by atoms with E-state index in [2.05, 4.69) is 17.2 Å². The van der Waals surface area contributed by atoms with Crippen LogP contribution in [0.15, 0.2) is 54.7 Å². The molecule has 2 aliphatic rings. The van der Waals surface area contributed by atoms with Crippen molar-refractivity contribution in [2.24, 2.45) is 5.92 Å². The van der Waals surface area contributed by atoms with Crippen molar-refractivity contribution in [2.45, 2.75) is 26.7 Å². The number of para-hydroxylation sites is 1. The summed E-state index contributed by atoms with van der Waals surface area (Å²) < 4.78 is 5.91. The van der Waals surface area contributed by atoms with Gasteiger partial charge in [0.1, 0.15) is 11.6 Å². The molecule has 0 aliphatic carbocycles. The number of nitrogens with zero attached hydrogens (tertiary/aromatic N) is 4. The first-order valence-corrected chi connectivity index (χ1v) is 12.8. The van der Waals surface area contributed by atoms with Gasteiger partial charge >= 0.3 is 0 Å². The molecule has 0 saturated carbocycles. The number of fused-ring (bicyclic) bond motifs is 2. The monoisotopic (exact) mass is 499 g/mol. The van der Waals surface area contributed by atoms with Crippen LogP contribution >= 0.6 is 0 Å². The zero-order chi connectivity index (χ0) is 26.1. The minimum Gasteiger partial charge on any atom is -0.492 e. The first kappa shape index (κ1) is 24.6. The number of aromatic nitrogens is 1. The van der Waals surface area contributed by atoms with Gasteiger partial charge in [-0.3, -0.25) is 9.59 Å². The number of ether oxygens (including phenoxy) is 1. The van der Waals surface area contributed by atoms with Gasteiger partial charge in [-0.1, -0.05) is 25.5 Å². The summed E-state index contributed by atoms with van der Waals surface area (Å²) >= 11 is 0. The molecule has 0 bridgehead atoms. The van der Waals surface area contributed by atoms with Crippen molar-refractivity contribution >= 4 is 40.4 Å². The first-order valence-electron chi connectivity index (χ1n) is 12.8. The molecule has 8 heteroatoms. The Hall–Kier alpha value is -4.07. The van der Waals surface area contributed by atoms with E-state index in [1.165, 1.54) is 0 Å². The van der Waals surface area contributed by atoms with Gasteiger partial charge in [-0.25, -0.2) is 4.98 Å². The van der Waals surface area contributed by atoms with Gasteiger partial charge in [0, 0.05) is 38.8 Å². The standard InChI is InChI=1S/C29H33N5O3/c1-5-19-13-14-34(18-19)28(35)20-11-12-22(26(15-20)37-6-2)31-27-16-24-25(17-30-27)33(4)29(36)21-9-7-8-10-23(21)32(24)3/h7-12,15-17,19H,5-6,13-14,18H2,1-4H3,(H,30,31)/t19-/m1/s1. The van der Waals surface area contributed by atoms with Gasteiger partial charge in [-0.2, -0.15) is 0 Å². The molecule has 3 heterocycles. The highest BCUT2D eigenvalue weighted by atomic mass is 16.5. The largest absolute Gasteiger partial charge is 0.492 e. The smallest absolute Gasteiger partial charge is 0.260 e. The van der Waals surface area contributed by atoms with E-state index in [9.17, 15) is 9.59 Å². The van der Waals surface area contributed by atoms with Crippen molar-refractivity contribution in [2.75, 3.05) is 48.9 Å². The topological polar surface area (TPSA) is 78.0 Å². The Morgan fingerprint density at radius 3 is 2.62 bits per heavy atom. The van der Waals surface area contributed by atoms with Crippen LogP contribution in [0.1, 0.15) is 47.4 Å². The second kappa shape index (κ2) is 10.1. The molecule has 5 rings (SSSR count). The summed E-state index contributed by atoms with van der Waals surface area (Å²) in [5.41, 5.74) is 4.39. The second-order valence-corrected chi connectivity index (χ2v) is 9.58. The lowest BCUT2D eigenvalue weighted by Gasteiger charge is -2.23. The Kier molecular flexibility index (Phi) is 6.74. The number of amides is 2. The molecule has 0 radical (unpaired) electrons. The molecule has 1 atom stereocenters. The van der Waals surface area contributed by atoms with Crippen LogP contribution in [0.5, 0.6) is 5.75 Å². The highest BCUT2D eigenvalue weighted by Crippen LogP contribution is 2.40. The molecule has 2 aromatic carbocycles. The van der Waals surface area contributed by atoms with E-state index >= 15 is 0 Å². The second-order valence-electron chi connectivity index (χ2n) is 9.58. The predicted molar refractivity (Wildman–Crippen MR) is 147 cm³/mol. The van der Waals surface area contributed by atoms with Crippen molar-refractivity contribution in [3.8, 4) is 5.75 Å². The third-order valence-corrected chi connectivity index (χ3v) is 7.33. The van der Waals surface area contributed by atoms with Gasteiger partial charge in [0.2, 0.25) is 0 Å². The molecule has 2 aliphatic heterocycles. The van der Waals surface area contributed by atoms with E-state index in [-0.39, 0.29) is 11.8 Å². The normalized spacial score (nSPS) is 16.8. The molecule has 1 saturated heterocycles. The van der Waals surface area contributed by atoms with E-state index in [0.29, 0.717) is 35.2 Å². The minimum atomic E-state index is -0.0779. The number of hydrogen-bond acceptors (Lipinski definition) is 6. The number of anilines is 5. The number of benzene rings is 2. The Morgan fingerprint density at radius 1 is 1.05 bits per heavy atom. The maximum absolute atomic E-state index is 13.1. The first-order chi connectivity index (χ1) is 17.9. The van der Waals surface area contributed by atoms with Gasteiger partial charge in [-0.15, -0.1) is 0 Å². The van der Waals surface area contributed by atoms with Crippen LogP contribution in [0.25, 0.3) is 0 Å². The summed E-state index contributed by atoms with van der Waals surface area (Å²) in [6.45, 7) is 6.18. The summed E-state index contributed by atoms with van der Waals surface area (Å²) in [6.07, 6.45) is 3.85. The Morgan fingerprint density at radius 2 is 1.86 bits per heavy atom. The van der Waals surface area contributed by atoms with Gasteiger partial charge in [-0.05, 0) is 49.6 Å². The number of carbonyl (C=O) groups is 2. The quantitative estimate of drug-likeness (QED) is 0.486. The van der Waals surface area contributed by atoms with Crippen LogP contribution in [-0.2, 0) is 0 Å². The Balaban J connectivity index is 1.44. The van der Waals surface area contributed by atoms with Crippen molar-refractivity contribution in [3.63, 3.8) is 0 Å². The average Bonchev–Trinajstić information content (AvgIpc) is 3.39. The zero-order valence-electron chi connectivity index (χ0n) is 21.8. The predicted octanol–water partition coefficient (Wildman–Crippen LogP) is 5.45. The summed E-state index contributed by atoms with van der Waals surface area (Å²) in [5.74, 6) is 1.75. The van der Waals surface area contributed by atoms with Gasteiger partial charge in [0.05, 0.1) is 41.1 Å². The molecular weight excluding hydrogens is 466 g/mol. The number of carbonyl (C=O) groups excluding carboxylic acids is 2. The molecule has 37 heavy (non-hydrogen) atoms. The summed E-state index contributed by atoms with van der Waals surface area (Å²) in [6, 6.07) is 15.0. The van der Waals surface area contributed by atoms with Gasteiger partial charge < -0.3 is 24.8 Å². The number of nitrogens with one attached hydrogen (secondary N) is 1. The Bertz CT molecular complexity index is 1340. The zero-order valence-corrected chi connectivity index (χ0v) is 21.8. The average molecular weight is 500 g/mol. The van der Waals surface area contributed by atoms with Crippen molar-refractivity contribution in [1.82, 2.24) is 9.88 Å². The number of hydrogen-bond donors (Lipinski definition) is 1. The lowest BCUT2D eigenvalue weighted by atomic mass is 10.1. The van der Waals surface area contributed by atoms with Crippen molar-refractivity contribution in [1.29, 1.82) is 0 Å². The molecule has 0 spiro atoms. The number of rotatable bonds is 6. The summed E-state index contributed by atoms with van der Waals surface area (Å²) in [5, 5.41) is 3.36. The molecule has 2 amide bonds. The van der Waals surface area contributed by atoms with Crippen LogP contribution in [0.3, 0.4) is 0 Å². The van der Waals surface area contributed by atoms with Gasteiger partial charge in [0.25, 0.3) is 11.8 Å². The SMILES string of the molecule is CCOc1cc(C(=O)N2CC[C@@H](CC)C2)ccc1Nc1cc2c(cn1)N(C)C(=O)c1ccccc1N2C. The summed E-state index contributed by atoms with van der Waals surface area (Å²) in [4.78, 5) is 36.3. The van der Waals surface area contributed by atoms with E-state index in [1.54, 1.807) is 18.1 Å². The highest BCUT2D eigenvalue weighted by Gasteiger charge is 2.28. The number of pyridine rings is 1. The van der Waals surface area contributed by atoms with Crippen molar-refractivity contribution in [3.05, 3.63) is 65.9 Å². The maximum Gasteiger partial charge on any atom is 0.260 e. The third-order valence-electron chi connectivity index (χ3n) is 7.33. The van der Waals surface area contributed by atoms with Crippen molar-refractivity contribution < 1.29 is 14.3 Å². The lowest BCUT2D eigenvalue weighted by molar-refractivity contribution is 0.0786. The van der Waals surface area contributed by atoms with Crippen LogP contribution in [0, 0.1) is 5.92 Å². The van der Waals surface area contributed by atoms with E-state index in [4.69, 9.17) is 4.74 Å². The fraction of sp³-hybridized carbons (Fsp3) is 0.345. The lowest BCUT2D eigenvalue weighted by Crippen LogP contribution is -2.28. The molecule has 192 valence electrons.